The van der Waals surface area contributed by atoms with Gasteiger partial charge in [0.25, 0.3) is 0 Å². The summed E-state index contributed by atoms with van der Waals surface area (Å²) in [7, 11) is 0. The van der Waals surface area contributed by atoms with Gasteiger partial charge in [-0.1, -0.05) is 15.9 Å². The van der Waals surface area contributed by atoms with Crippen molar-refractivity contribution in [2.75, 3.05) is 12.3 Å². The minimum Gasteiger partial charge on any atom is -0.394 e. The largest absolute Gasteiger partial charge is 0.394 e. The molecule has 1 aliphatic rings. The molecule has 1 aromatic heterocycles. The SMILES string of the molecule is Cl.Nc1nc(=O)n(C2OC(CO)C(O)C2Br)cc1Br. The summed E-state index contributed by atoms with van der Waals surface area (Å²) in [6, 6.07) is 0. The number of hydrogen-bond acceptors (Lipinski definition) is 6. The van der Waals surface area contributed by atoms with Gasteiger partial charge in [-0.2, -0.15) is 4.98 Å². The highest BCUT2D eigenvalue weighted by Crippen LogP contribution is 2.34. The van der Waals surface area contributed by atoms with Crippen molar-refractivity contribution in [1.29, 1.82) is 0 Å². The number of nitrogen functional groups attached to an aromatic ring is 1. The third-order valence-electron chi connectivity index (χ3n) is 2.68. The van der Waals surface area contributed by atoms with Gasteiger partial charge in [0.05, 0.1) is 22.0 Å². The molecule has 1 fully saturated rings. The topological polar surface area (TPSA) is 111 Å². The standard InChI is InChI=1S/C9H11Br2N3O4.ClH/c10-3-1-14(9(17)13-7(3)12)8-5(11)6(16)4(2-15)18-8;/h1,4-6,8,15-16H,2H2,(H2,12,13,17);1H. The number of ether oxygens (including phenoxy) is 1. The Labute approximate surface area is 131 Å². The molecule has 0 amide bonds. The van der Waals surface area contributed by atoms with E-state index in [4.69, 9.17) is 15.6 Å². The molecule has 10 heteroatoms. The average Bonchev–Trinajstić information content (AvgIpc) is 2.61. The molecule has 0 aliphatic carbocycles. The van der Waals surface area contributed by atoms with Crippen LogP contribution in [-0.4, -0.2) is 43.4 Å². The van der Waals surface area contributed by atoms with Crippen LogP contribution in [0, 0.1) is 0 Å². The van der Waals surface area contributed by atoms with Crippen molar-refractivity contribution in [2.45, 2.75) is 23.3 Å². The van der Waals surface area contributed by atoms with Crippen molar-refractivity contribution < 1.29 is 14.9 Å². The lowest BCUT2D eigenvalue weighted by Crippen LogP contribution is -2.32. The molecule has 0 spiro atoms. The molecule has 2 rings (SSSR count). The molecule has 1 aliphatic heterocycles. The van der Waals surface area contributed by atoms with Crippen LogP contribution in [0.2, 0.25) is 0 Å². The van der Waals surface area contributed by atoms with Gasteiger partial charge in [-0.25, -0.2) is 4.79 Å². The summed E-state index contributed by atoms with van der Waals surface area (Å²) in [6.07, 6.45) is -0.976. The number of aromatic nitrogens is 2. The Morgan fingerprint density at radius 1 is 1.58 bits per heavy atom. The van der Waals surface area contributed by atoms with Gasteiger partial charge in [0.2, 0.25) is 0 Å². The van der Waals surface area contributed by atoms with Gasteiger partial charge < -0.3 is 20.7 Å². The van der Waals surface area contributed by atoms with Gasteiger partial charge in [0.1, 0.15) is 11.9 Å². The number of anilines is 1. The Kier molecular flexibility index (Phi) is 5.78. The molecule has 7 nitrogen and oxygen atoms in total. The first-order valence-corrected chi connectivity index (χ1v) is 6.79. The fourth-order valence-electron chi connectivity index (χ4n) is 1.72. The first-order chi connectivity index (χ1) is 8.45. The Balaban J connectivity index is 0.00000180. The van der Waals surface area contributed by atoms with Crippen LogP contribution in [0.5, 0.6) is 0 Å². The van der Waals surface area contributed by atoms with E-state index >= 15 is 0 Å². The second-order valence-corrected chi connectivity index (χ2v) is 5.76. The molecule has 2 heterocycles. The molecule has 4 unspecified atom stereocenters. The predicted octanol–water partition coefficient (Wildman–Crippen LogP) is 0.0239. The number of alkyl halides is 1. The molecule has 1 saturated heterocycles. The van der Waals surface area contributed by atoms with Crippen molar-refractivity contribution >= 4 is 50.1 Å². The zero-order valence-electron chi connectivity index (χ0n) is 9.44. The van der Waals surface area contributed by atoms with Gasteiger partial charge in [-0.3, -0.25) is 4.57 Å². The van der Waals surface area contributed by atoms with Crippen LogP contribution < -0.4 is 11.4 Å². The van der Waals surface area contributed by atoms with E-state index in [0.717, 1.165) is 0 Å². The zero-order valence-corrected chi connectivity index (χ0v) is 13.4. The Morgan fingerprint density at radius 3 is 2.74 bits per heavy atom. The van der Waals surface area contributed by atoms with Gasteiger partial charge in [-0.05, 0) is 15.9 Å². The van der Waals surface area contributed by atoms with Crippen LogP contribution in [0.4, 0.5) is 5.82 Å². The minimum absolute atomic E-state index is 0. The molecule has 4 N–H and O–H groups in total. The van der Waals surface area contributed by atoms with Gasteiger partial charge >= 0.3 is 5.69 Å². The molecule has 19 heavy (non-hydrogen) atoms. The highest BCUT2D eigenvalue weighted by molar-refractivity contribution is 9.10. The highest BCUT2D eigenvalue weighted by Gasteiger charge is 2.43. The third kappa shape index (κ3) is 3.11. The van der Waals surface area contributed by atoms with Crippen molar-refractivity contribution in [1.82, 2.24) is 9.55 Å². The number of rotatable bonds is 2. The van der Waals surface area contributed by atoms with Crippen LogP contribution in [-0.2, 0) is 4.74 Å². The molecule has 0 saturated carbocycles. The van der Waals surface area contributed by atoms with E-state index in [1.807, 2.05) is 0 Å². The number of aliphatic hydroxyl groups is 2. The summed E-state index contributed by atoms with van der Waals surface area (Å²) in [5, 5.41) is 18.8. The molecule has 1 aromatic rings. The van der Waals surface area contributed by atoms with E-state index in [9.17, 15) is 9.90 Å². The van der Waals surface area contributed by atoms with Crippen molar-refractivity contribution in [2.24, 2.45) is 0 Å². The quantitative estimate of drug-likeness (QED) is 0.581. The van der Waals surface area contributed by atoms with E-state index in [-0.39, 0.29) is 24.8 Å². The molecule has 108 valence electrons. The maximum atomic E-state index is 11.7. The monoisotopic (exact) mass is 419 g/mol. The number of aliphatic hydroxyl groups excluding tert-OH is 2. The molecule has 0 aromatic carbocycles. The summed E-state index contributed by atoms with van der Waals surface area (Å²) >= 11 is 6.41. The van der Waals surface area contributed by atoms with Crippen molar-refractivity contribution in [3.63, 3.8) is 0 Å². The summed E-state index contributed by atoms with van der Waals surface area (Å²) in [5.74, 6) is 0.0830. The number of nitrogens with two attached hydrogens (primary N) is 1. The second kappa shape index (κ2) is 6.51. The number of nitrogens with zero attached hydrogens (tertiary/aromatic N) is 2. The zero-order chi connectivity index (χ0) is 13.4. The first kappa shape index (κ1) is 16.9. The Hall–Kier alpha value is -0.190. The van der Waals surface area contributed by atoms with Crippen LogP contribution in [0.1, 0.15) is 6.23 Å². The lowest BCUT2D eigenvalue weighted by molar-refractivity contribution is -0.0456. The molecule has 4 atom stereocenters. The first-order valence-electron chi connectivity index (χ1n) is 5.08. The predicted molar refractivity (Wildman–Crippen MR) is 77.6 cm³/mol. The van der Waals surface area contributed by atoms with Crippen molar-refractivity contribution in [3.05, 3.63) is 21.2 Å². The minimum atomic E-state index is -0.914. The Morgan fingerprint density at radius 2 is 2.21 bits per heavy atom. The summed E-state index contributed by atoms with van der Waals surface area (Å²) in [4.78, 5) is 14.8. The second-order valence-electron chi connectivity index (χ2n) is 3.85. The fourth-order valence-corrected chi connectivity index (χ4v) is 2.75. The van der Waals surface area contributed by atoms with E-state index in [2.05, 4.69) is 36.8 Å². The van der Waals surface area contributed by atoms with E-state index < -0.39 is 29.0 Å². The highest BCUT2D eigenvalue weighted by atomic mass is 79.9. The lowest BCUT2D eigenvalue weighted by Gasteiger charge is -2.17. The summed E-state index contributed by atoms with van der Waals surface area (Å²) in [5.41, 5.74) is 4.90. The van der Waals surface area contributed by atoms with E-state index in [1.165, 1.54) is 10.8 Å². The lowest BCUT2D eigenvalue weighted by atomic mass is 10.2. The molecule has 0 radical (unpaired) electrons. The van der Waals surface area contributed by atoms with E-state index in [1.54, 1.807) is 0 Å². The third-order valence-corrected chi connectivity index (χ3v) is 4.29. The van der Waals surface area contributed by atoms with Crippen LogP contribution >= 0.6 is 44.3 Å². The van der Waals surface area contributed by atoms with Crippen LogP contribution in [0.3, 0.4) is 0 Å². The van der Waals surface area contributed by atoms with Gasteiger partial charge in [0.15, 0.2) is 6.23 Å². The summed E-state index contributed by atoms with van der Waals surface area (Å²) < 4.78 is 7.07. The smallest absolute Gasteiger partial charge is 0.351 e. The number of hydrogen-bond donors (Lipinski definition) is 3. The molecular weight excluding hydrogens is 409 g/mol. The average molecular weight is 421 g/mol. The van der Waals surface area contributed by atoms with Crippen molar-refractivity contribution in [3.8, 4) is 0 Å². The summed E-state index contributed by atoms with van der Waals surface area (Å²) in [6.45, 7) is -0.335. The maximum absolute atomic E-state index is 11.7. The van der Waals surface area contributed by atoms with Gasteiger partial charge in [0, 0.05) is 6.20 Å². The van der Waals surface area contributed by atoms with Gasteiger partial charge in [-0.15, -0.1) is 12.4 Å². The molecule has 0 bridgehead atoms. The van der Waals surface area contributed by atoms with Crippen LogP contribution in [0.25, 0.3) is 0 Å². The Bertz CT molecular complexity index is 515. The number of halogens is 3. The fraction of sp³-hybridized carbons (Fsp3) is 0.556. The molecular formula is C9H12Br2ClN3O4. The normalized spacial score (nSPS) is 30.1. The maximum Gasteiger partial charge on any atom is 0.351 e. The van der Waals surface area contributed by atoms with Crippen LogP contribution in [0.15, 0.2) is 15.5 Å². The van der Waals surface area contributed by atoms with E-state index in [0.29, 0.717) is 4.47 Å².